The number of amides is 1. The summed E-state index contributed by atoms with van der Waals surface area (Å²) in [6.45, 7) is 1.94. The Morgan fingerprint density at radius 1 is 1.07 bits per heavy atom. The van der Waals surface area contributed by atoms with E-state index in [4.69, 9.17) is 13.9 Å². The lowest BCUT2D eigenvalue weighted by Gasteiger charge is -2.21. The van der Waals surface area contributed by atoms with Gasteiger partial charge in [-0.25, -0.2) is 0 Å². The molecule has 0 spiro atoms. The van der Waals surface area contributed by atoms with E-state index < -0.39 is 0 Å². The third-order valence-corrected chi connectivity index (χ3v) is 4.58. The molecule has 5 heteroatoms. The highest BCUT2D eigenvalue weighted by Gasteiger charge is 2.19. The first-order chi connectivity index (χ1) is 13.0. The number of rotatable bonds is 6. The standard InChI is InChI=1S/C22H23NO4/c1-15(21-13-17-7-5-6-8-20(17)27-21)23(2)22(24)10-9-16-11-18(25-3)14-19(12-16)26-4/h5-15H,1-4H3. The van der Waals surface area contributed by atoms with Gasteiger partial charge in [0, 0.05) is 24.6 Å². The van der Waals surface area contributed by atoms with Crippen molar-refractivity contribution < 1.29 is 18.7 Å². The number of carbonyl (C=O) groups excluding carboxylic acids is 1. The molecule has 0 fully saturated rings. The molecule has 1 unspecified atom stereocenters. The molecule has 2 aromatic carbocycles. The lowest BCUT2D eigenvalue weighted by molar-refractivity contribution is -0.126. The second-order valence-electron chi connectivity index (χ2n) is 6.29. The summed E-state index contributed by atoms with van der Waals surface area (Å²) in [5.74, 6) is 1.98. The van der Waals surface area contributed by atoms with Gasteiger partial charge in [0.05, 0.1) is 20.3 Å². The molecule has 27 heavy (non-hydrogen) atoms. The monoisotopic (exact) mass is 365 g/mol. The highest BCUT2D eigenvalue weighted by atomic mass is 16.5. The Kier molecular flexibility index (Phi) is 5.50. The fourth-order valence-electron chi connectivity index (χ4n) is 2.80. The third kappa shape index (κ3) is 4.14. The van der Waals surface area contributed by atoms with Crippen LogP contribution in [0.3, 0.4) is 0 Å². The largest absolute Gasteiger partial charge is 0.497 e. The van der Waals surface area contributed by atoms with E-state index in [-0.39, 0.29) is 11.9 Å². The molecule has 0 N–H and O–H groups in total. The molecule has 140 valence electrons. The summed E-state index contributed by atoms with van der Waals surface area (Å²) in [7, 11) is 4.95. The Bertz CT molecular complexity index is 918. The van der Waals surface area contributed by atoms with Gasteiger partial charge in [-0.3, -0.25) is 4.79 Å². The summed E-state index contributed by atoms with van der Waals surface area (Å²) in [5.41, 5.74) is 1.64. The average molecular weight is 365 g/mol. The van der Waals surface area contributed by atoms with Crippen molar-refractivity contribution in [1.82, 2.24) is 4.90 Å². The number of ether oxygens (including phenoxy) is 2. The lowest BCUT2D eigenvalue weighted by atomic mass is 10.1. The van der Waals surface area contributed by atoms with Crippen molar-refractivity contribution in [1.29, 1.82) is 0 Å². The fourth-order valence-corrected chi connectivity index (χ4v) is 2.80. The zero-order valence-corrected chi connectivity index (χ0v) is 15.9. The van der Waals surface area contributed by atoms with Crippen LogP contribution in [0.5, 0.6) is 11.5 Å². The first kappa shape index (κ1) is 18.6. The molecular weight excluding hydrogens is 342 g/mol. The average Bonchev–Trinajstić information content (AvgIpc) is 3.14. The van der Waals surface area contributed by atoms with Crippen LogP contribution < -0.4 is 9.47 Å². The zero-order valence-electron chi connectivity index (χ0n) is 15.9. The van der Waals surface area contributed by atoms with Crippen LogP contribution in [0.1, 0.15) is 24.3 Å². The maximum atomic E-state index is 12.6. The quantitative estimate of drug-likeness (QED) is 0.595. The number of para-hydroxylation sites is 1. The summed E-state index contributed by atoms with van der Waals surface area (Å²) in [6, 6.07) is 15.1. The van der Waals surface area contributed by atoms with Crippen molar-refractivity contribution in [3.63, 3.8) is 0 Å². The van der Waals surface area contributed by atoms with Crippen LogP contribution in [-0.4, -0.2) is 32.1 Å². The Morgan fingerprint density at radius 2 is 1.74 bits per heavy atom. The molecule has 1 aromatic heterocycles. The minimum atomic E-state index is -0.186. The molecule has 0 radical (unpaired) electrons. The summed E-state index contributed by atoms with van der Waals surface area (Å²) < 4.78 is 16.4. The van der Waals surface area contributed by atoms with Crippen molar-refractivity contribution in [2.24, 2.45) is 0 Å². The molecule has 1 heterocycles. The van der Waals surface area contributed by atoms with E-state index in [9.17, 15) is 4.79 Å². The van der Waals surface area contributed by atoms with Crippen LogP contribution in [0, 0.1) is 0 Å². The Balaban J connectivity index is 1.75. The van der Waals surface area contributed by atoms with Crippen LogP contribution >= 0.6 is 0 Å². The normalized spacial score (nSPS) is 12.3. The van der Waals surface area contributed by atoms with E-state index in [0.29, 0.717) is 11.5 Å². The smallest absolute Gasteiger partial charge is 0.246 e. The van der Waals surface area contributed by atoms with Gasteiger partial charge in [0.2, 0.25) is 5.91 Å². The van der Waals surface area contributed by atoms with Gasteiger partial charge in [0.1, 0.15) is 22.8 Å². The highest BCUT2D eigenvalue weighted by molar-refractivity contribution is 5.92. The topological polar surface area (TPSA) is 51.9 Å². The molecular formula is C22H23NO4. The number of furan rings is 1. The minimum Gasteiger partial charge on any atom is -0.497 e. The van der Waals surface area contributed by atoms with Crippen LogP contribution in [0.25, 0.3) is 17.0 Å². The molecule has 3 aromatic rings. The summed E-state index contributed by atoms with van der Waals surface area (Å²) >= 11 is 0. The van der Waals surface area contributed by atoms with E-state index >= 15 is 0 Å². The van der Waals surface area contributed by atoms with Gasteiger partial charge < -0.3 is 18.8 Å². The second kappa shape index (κ2) is 7.99. The first-order valence-electron chi connectivity index (χ1n) is 8.68. The van der Waals surface area contributed by atoms with Crippen molar-refractivity contribution in [2.45, 2.75) is 13.0 Å². The maximum Gasteiger partial charge on any atom is 0.246 e. The van der Waals surface area contributed by atoms with Crippen LogP contribution in [-0.2, 0) is 4.79 Å². The summed E-state index contributed by atoms with van der Waals surface area (Å²) in [6.07, 6.45) is 3.28. The van der Waals surface area contributed by atoms with Gasteiger partial charge in [-0.15, -0.1) is 0 Å². The van der Waals surface area contributed by atoms with Crippen LogP contribution in [0.2, 0.25) is 0 Å². The molecule has 0 saturated carbocycles. The number of hydrogen-bond donors (Lipinski definition) is 0. The van der Waals surface area contributed by atoms with E-state index in [1.165, 1.54) is 6.08 Å². The maximum absolute atomic E-state index is 12.6. The number of carbonyl (C=O) groups is 1. The molecule has 0 aliphatic heterocycles. The van der Waals surface area contributed by atoms with E-state index in [1.807, 2.05) is 49.4 Å². The molecule has 3 rings (SSSR count). The van der Waals surface area contributed by atoms with Crippen LogP contribution in [0.4, 0.5) is 0 Å². The number of likely N-dealkylation sites (N-methyl/N-ethyl adjacent to an activating group) is 1. The molecule has 0 aliphatic rings. The highest BCUT2D eigenvalue weighted by Crippen LogP contribution is 2.27. The molecule has 0 saturated heterocycles. The number of methoxy groups -OCH3 is 2. The lowest BCUT2D eigenvalue weighted by Crippen LogP contribution is -2.27. The molecule has 1 amide bonds. The van der Waals surface area contributed by atoms with Gasteiger partial charge in [0.25, 0.3) is 0 Å². The number of nitrogens with zero attached hydrogens (tertiary/aromatic N) is 1. The Morgan fingerprint density at radius 3 is 2.37 bits per heavy atom. The number of fused-ring (bicyclic) bond motifs is 1. The molecule has 1 atom stereocenters. The molecule has 0 aliphatic carbocycles. The predicted octanol–water partition coefficient (Wildman–Crippen LogP) is 4.68. The van der Waals surface area contributed by atoms with E-state index in [2.05, 4.69) is 0 Å². The van der Waals surface area contributed by atoms with Gasteiger partial charge >= 0.3 is 0 Å². The van der Waals surface area contributed by atoms with Gasteiger partial charge in [-0.1, -0.05) is 18.2 Å². The SMILES string of the molecule is COc1cc(C=CC(=O)N(C)C(C)c2cc3ccccc3o2)cc(OC)c1. The molecule has 5 nitrogen and oxygen atoms in total. The fraction of sp³-hybridized carbons (Fsp3) is 0.227. The number of benzene rings is 2. The van der Waals surface area contributed by atoms with E-state index in [0.717, 1.165) is 22.3 Å². The third-order valence-electron chi connectivity index (χ3n) is 4.58. The first-order valence-corrected chi connectivity index (χ1v) is 8.68. The summed E-state index contributed by atoms with van der Waals surface area (Å²) in [4.78, 5) is 14.2. The minimum absolute atomic E-state index is 0.121. The Hall–Kier alpha value is -3.21. The number of hydrogen-bond acceptors (Lipinski definition) is 4. The van der Waals surface area contributed by atoms with Crippen molar-refractivity contribution in [3.8, 4) is 11.5 Å². The Labute approximate surface area is 158 Å². The van der Waals surface area contributed by atoms with Crippen LogP contribution in [0.15, 0.2) is 59.0 Å². The summed E-state index contributed by atoms with van der Waals surface area (Å²) in [5, 5.41) is 1.03. The van der Waals surface area contributed by atoms with Gasteiger partial charge in [0.15, 0.2) is 0 Å². The van der Waals surface area contributed by atoms with Crippen molar-refractivity contribution >= 4 is 23.0 Å². The second-order valence-corrected chi connectivity index (χ2v) is 6.29. The van der Waals surface area contributed by atoms with Gasteiger partial charge in [-0.05, 0) is 42.8 Å². The molecule has 0 bridgehead atoms. The van der Waals surface area contributed by atoms with Crippen molar-refractivity contribution in [3.05, 3.63) is 65.9 Å². The van der Waals surface area contributed by atoms with Crippen molar-refractivity contribution in [2.75, 3.05) is 21.3 Å². The van der Waals surface area contributed by atoms with E-state index in [1.54, 1.807) is 38.3 Å². The zero-order chi connectivity index (χ0) is 19.4. The van der Waals surface area contributed by atoms with Gasteiger partial charge in [-0.2, -0.15) is 0 Å². The predicted molar refractivity (Wildman–Crippen MR) is 106 cm³/mol.